The largest absolute Gasteiger partial charge is 0.309 e. The second-order valence-electron chi connectivity index (χ2n) is 4.48. The molecular weight excluding hydrogens is 196 g/mol. The standard InChI is InChI=1S/C12H28N2.C2H6/c1-6-9-14(10-7-2)12(3)8-11-13(4)5;1-2/h12H,6-11H2,1-5H3;1-2H3. The number of hydrogen-bond acceptors (Lipinski definition) is 2. The summed E-state index contributed by atoms with van der Waals surface area (Å²) in [6.07, 6.45) is 3.83. The molecule has 16 heavy (non-hydrogen) atoms. The summed E-state index contributed by atoms with van der Waals surface area (Å²) in [6.45, 7) is 14.6. The van der Waals surface area contributed by atoms with Crippen LogP contribution < -0.4 is 0 Å². The van der Waals surface area contributed by atoms with Gasteiger partial charge in [0.1, 0.15) is 0 Å². The van der Waals surface area contributed by atoms with Crippen LogP contribution in [0, 0.1) is 0 Å². The van der Waals surface area contributed by atoms with Crippen LogP contribution in [0.1, 0.15) is 53.9 Å². The highest BCUT2D eigenvalue weighted by molar-refractivity contribution is 4.67. The summed E-state index contributed by atoms with van der Waals surface area (Å²) in [5, 5.41) is 0. The van der Waals surface area contributed by atoms with Gasteiger partial charge in [0.25, 0.3) is 0 Å². The molecule has 0 amide bonds. The summed E-state index contributed by atoms with van der Waals surface area (Å²) in [6, 6.07) is 0.734. The molecule has 0 aliphatic rings. The lowest BCUT2D eigenvalue weighted by atomic mass is 10.2. The van der Waals surface area contributed by atoms with Crippen molar-refractivity contribution in [3.8, 4) is 0 Å². The highest BCUT2D eigenvalue weighted by atomic mass is 15.2. The monoisotopic (exact) mass is 230 g/mol. The second kappa shape index (κ2) is 13.0. The van der Waals surface area contributed by atoms with E-state index < -0.39 is 0 Å². The molecule has 0 bridgehead atoms. The van der Waals surface area contributed by atoms with Gasteiger partial charge in [0.15, 0.2) is 0 Å². The Morgan fingerprint density at radius 3 is 1.62 bits per heavy atom. The van der Waals surface area contributed by atoms with Gasteiger partial charge >= 0.3 is 0 Å². The molecule has 0 aliphatic heterocycles. The third-order valence-electron chi connectivity index (χ3n) is 2.64. The summed E-state index contributed by atoms with van der Waals surface area (Å²) in [5.74, 6) is 0. The molecular formula is C14H34N2. The summed E-state index contributed by atoms with van der Waals surface area (Å²) in [7, 11) is 4.30. The van der Waals surface area contributed by atoms with Crippen molar-refractivity contribution in [2.24, 2.45) is 0 Å². The van der Waals surface area contributed by atoms with Crippen molar-refractivity contribution in [1.82, 2.24) is 9.80 Å². The molecule has 0 aromatic rings. The smallest absolute Gasteiger partial charge is 0.00790 e. The fraction of sp³-hybridized carbons (Fsp3) is 1.00. The van der Waals surface area contributed by atoms with Gasteiger partial charge in [-0.15, -0.1) is 0 Å². The Balaban J connectivity index is 0. The van der Waals surface area contributed by atoms with Gasteiger partial charge in [-0.2, -0.15) is 0 Å². The molecule has 0 rings (SSSR count). The van der Waals surface area contributed by atoms with Crippen molar-refractivity contribution < 1.29 is 0 Å². The van der Waals surface area contributed by atoms with Crippen molar-refractivity contribution in [2.45, 2.75) is 59.9 Å². The molecule has 0 heterocycles. The number of hydrogen-bond donors (Lipinski definition) is 0. The van der Waals surface area contributed by atoms with E-state index in [4.69, 9.17) is 0 Å². The molecule has 0 aliphatic carbocycles. The molecule has 100 valence electrons. The zero-order chi connectivity index (χ0) is 13.0. The molecule has 0 saturated heterocycles. The molecule has 0 N–H and O–H groups in total. The Morgan fingerprint density at radius 2 is 1.31 bits per heavy atom. The van der Waals surface area contributed by atoms with Crippen LogP contribution in [0.2, 0.25) is 0 Å². The fourth-order valence-corrected chi connectivity index (χ4v) is 1.75. The van der Waals surface area contributed by atoms with Crippen LogP contribution in [0.4, 0.5) is 0 Å². The van der Waals surface area contributed by atoms with Crippen LogP contribution in [-0.4, -0.2) is 49.6 Å². The third-order valence-corrected chi connectivity index (χ3v) is 2.64. The van der Waals surface area contributed by atoms with Crippen molar-refractivity contribution in [3.63, 3.8) is 0 Å². The molecule has 0 radical (unpaired) electrons. The van der Waals surface area contributed by atoms with Crippen molar-refractivity contribution in [1.29, 1.82) is 0 Å². The summed E-state index contributed by atoms with van der Waals surface area (Å²) in [4.78, 5) is 4.88. The summed E-state index contributed by atoms with van der Waals surface area (Å²) >= 11 is 0. The Labute approximate surface area is 104 Å². The van der Waals surface area contributed by atoms with Crippen molar-refractivity contribution in [3.05, 3.63) is 0 Å². The van der Waals surface area contributed by atoms with Crippen molar-refractivity contribution in [2.75, 3.05) is 33.7 Å². The molecule has 0 fully saturated rings. The second-order valence-corrected chi connectivity index (χ2v) is 4.48. The lowest BCUT2D eigenvalue weighted by Crippen LogP contribution is -2.36. The van der Waals surface area contributed by atoms with E-state index in [1.54, 1.807) is 0 Å². The number of rotatable bonds is 8. The maximum absolute atomic E-state index is 2.61. The minimum absolute atomic E-state index is 0.734. The molecule has 2 nitrogen and oxygen atoms in total. The van der Waals surface area contributed by atoms with Crippen molar-refractivity contribution >= 4 is 0 Å². The Kier molecular flexibility index (Phi) is 14.8. The van der Waals surface area contributed by atoms with Crippen LogP contribution in [0.25, 0.3) is 0 Å². The Bertz CT molecular complexity index is 118. The molecule has 1 unspecified atom stereocenters. The van der Waals surface area contributed by atoms with E-state index in [-0.39, 0.29) is 0 Å². The maximum atomic E-state index is 2.61. The predicted octanol–water partition coefficient (Wildman–Crippen LogP) is 3.47. The van der Waals surface area contributed by atoms with Gasteiger partial charge < -0.3 is 9.80 Å². The number of nitrogens with zero attached hydrogens (tertiary/aromatic N) is 2. The van der Waals surface area contributed by atoms with E-state index in [1.165, 1.54) is 38.9 Å². The highest BCUT2D eigenvalue weighted by Gasteiger charge is 2.11. The van der Waals surface area contributed by atoms with E-state index >= 15 is 0 Å². The van der Waals surface area contributed by atoms with Gasteiger partial charge in [0.05, 0.1) is 0 Å². The first-order chi connectivity index (χ1) is 7.61. The normalized spacial score (nSPS) is 12.6. The zero-order valence-corrected chi connectivity index (χ0v) is 12.7. The van der Waals surface area contributed by atoms with E-state index in [1.807, 2.05) is 13.8 Å². The minimum atomic E-state index is 0.734. The molecule has 0 saturated carbocycles. The van der Waals surface area contributed by atoms with E-state index in [0.29, 0.717) is 0 Å². The predicted molar refractivity (Wildman–Crippen MR) is 76.1 cm³/mol. The van der Waals surface area contributed by atoms with Gasteiger partial charge in [-0.3, -0.25) is 0 Å². The van der Waals surface area contributed by atoms with Crippen LogP contribution in [-0.2, 0) is 0 Å². The first-order valence-electron chi connectivity index (χ1n) is 7.00. The summed E-state index contributed by atoms with van der Waals surface area (Å²) < 4.78 is 0. The average Bonchev–Trinajstić information content (AvgIpc) is 2.28. The van der Waals surface area contributed by atoms with Gasteiger partial charge in [-0.25, -0.2) is 0 Å². The van der Waals surface area contributed by atoms with Gasteiger partial charge in [0, 0.05) is 6.04 Å². The van der Waals surface area contributed by atoms with E-state index in [2.05, 4.69) is 44.7 Å². The molecule has 0 aromatic heterocycles. The maximum Gasteiger partial charge on any atom is 0.00790 e. The molecule has 0 spiro atoms. The van der Waals surface area contributed by atoms with Crippen LogP contribution in [0.15, 0.2) is 0 Å². The Morgan fingerprint density at radius 1 is 0.875 bits per heavy atom. The topological polar surface area (TPSA) is 6.48 Å². The molecule has 2 heteroatoms. The summed E-state index contributed by atoms with van der Waals surface area (Å²) in [5.41, 5.74) is 0. The Hall–Kier alpha value is -0.0800. The van der Waals surface area contributed by atoms with Crippen LogP contribution in [0.5, 0.6) is 0 Å². The third kappa shape index (κ3) is 10.4. The average molecular weight is 230 g/mol. The van der Waals surface area contributed by atoms with E-state index in [0.717, 1.165) is 6.04 Å². The SMILES string of the molecule is CC.CCCN(CCC)C(C)CCN(C)C. The van der Waals surface area contributed by atoms with Gasteiger partial charge in [-0.1, -0.05) is 27.7 Å². The molecule has 0 aromatic carbocycles. The first-order valence-corrected chi connectivity index (χ1v) is 7.00. The van der Waals surface area contributed by atoms with Gasteiger partial charge in [-0.05, 0) is 59.9 Å². The van der Waals surface area contributed by atoms with Crippen LogP contribution in [0.3, 0.4) is 0 Å². The quantitative estimate of drug-likeness (QED) is 0.630. The minimum Gasteiger partial charge on any atom is -0.309 e. The van der Waals surface area contributed by atoms with Gasteiger partial charge in [0.2, 0.25) is 0 Å². The van der Waals surface area contributed by atoms with E-state index in [9.17, 15) is 0 Å². The highest BCUT2D eigenvalue weighted by Crippen LogP contribution is 2.06. The fourth-order valence-electron chi connectivity index (χ4n) is 1.75. The van der Waals surface area contributed by atoms with Crippen LogP contribution >= 0.6 is 0 Å². The lowest BCUT2D eigenvalue weighted by molar-refractivity contribution is 0.188. The lowest BCUT2D eigenvalue weighted by Gasteiger charge is -2.29. The molecule has 1 atom stereocenters. The first kappa shape index (κ1) is 18.3. The zero-order valence-electron chi connectivity index (χ0n) is 12.7.